The number of hydrogen-bond donors (Lipinski definition) is 1. The number of alkyl halides is 3. The molecule has 3 aromatic rings. The van der Waals surface area contributed by atoms with Crippen LogP contribution in [-0.2, 0) is 4.79 Å². The highest BCUT2D eigenvalue weighted by atomic mass is 19.4. The summed E-state index contributed by atoms with van der Waals surface area (Å²) < 4.78 is 43.7. The quantitative estimate of drug-likeness (QED) is 0.746. The lowest BCUT2D eigenvalue weighted by Gasteiger charge is -2.09. The van der Waals surface area contributed by atoms with E-state index in [0.717, 1.165) is 0 Å². The number of aromatic nitrogens is 3. The third-order valence-electron chi connectivity index (χ3n) is 3.22. The number of ether oxygens (including phenoxy) is 1. The van der Waals surface area contributed by atoms with Gasteiger partial charge in [-0.3, -0.25) is 4.79 Å². The van der Waals surface area contributed by atoms with Crippen LogP contribution in [0.4, 0.5) is 18.9 Å². The predicted molar refractivity (Wildman–Crippen MR) is 87.2 cm³/mol. The lowest BCUT2D eigenvalue weighted by molar-refractivity contribution is -0.150. The van der Waals surface area contributed by atoms with Crippen molar-refractivity contribution in [1.29, 1.82) is 0 Å². The minimum Gasteiger partial charge on any atom is -0.438 e. The summed E-state index contributed by atoms with van der Waals surface area (Å²) >= 11 is 0. The van der Waals surface area contributed by atoms with Gasteiger partial charge in [0.15, 0.2) is 5.82 Å². The molecule has 2 aromatic heterocycles. The summed E-state index contributed by atoms with van der Waals surface area (Å²) in [4.78, 5) is 11.3. The number of halogens is 3. The Bertz CT molecular complexity index is 861. The van der Waals surface area contributed by atoms with Crippen molar-refractivity contribution < 1.29 is 22.7 Å². The van der Waals surface area contributed by atoms with Gasteiger partial charge in [0.2, 0.25) is 11.8 Å². The standard InChI is InChI=1S/C17H13F3N4O2/c18-17(19,20)11-15(25)21-12-3-5-13(6-4-12)26-16-8-7-14(22-23-16)24-9-1-2-10-24/h1-10H,11H2,(H,21,25). The topological polar surface area (TPSA) is 69.0 Å². The molecule has 0 unspecified atom stereocenters. The van der Waals surface area contributed by atoms with Crippen molar-refractivity contribution in [2.75, 3.05) is 5.32 Å². The molecule has 0 bridgehead atoms. The first kappa shape index (κ1) is 17.5. The van der Waals surface area contributed by atoms with Crippen LogP contribution in [0.3, 0.4) is 0 Å². The van der Waals surface area contributed by atoms with Crippen LogP contribution in [0.1, 0.15) is 6.42 Å². The second kappa shape index (κ2) is 7.26. The maximum atomic E-state index is 12.1. The van der Waals surface area contributed by atoms with Crippen LogP contribution in [0.15, 0.2) is 60.9 Å². The Labute approximate surface area is 146 Å². The smallest absolute Gasteiger partial charge is 0.397 e. The van der Waals surface area contributed by atoms with E-state index in [4.69, 9.17) is 4.74 Å². The van der Waals surface area contributed by atoms with Crippen LogP contribution in [0.25, 0.3) is 5.82 Å². The van der Waals surface area contributed by atoms with Gasteiger partial charge in [-0.05, 0) is 42.5 Å². The van der Waals surface area contributed by atoms with Gasteiger partial charge in [-0.2, -0.15) is 13.2 Å². The number of amides is 1. The molecule has 6 nitrogen and oxygen atoms in total. The van der Waals surface area contributed by atoms with Crippen LogP contribution in [0.2, 0.25) is 0 Å². The minimum absolute atomic E-state index is 0.237. The van der Waals surface area contributed by atoms with E-state index in [1.165, 1.54) is 24.3 Å². The normalized spacial score (nSPS) is 11.2. The summed E-state index contributed by atoms with van der Waals surface area (Å²) in [7, 11) is 0. The summed E-state index contributed by atoms with van der Waals surface area (Å²) in [5, 5.41) is 10.2. The third kappa shape index (κ3) is 4.82. The number of carbonyl (C=O) groups excluding carboxylic acids is 1. The monoisotopic (exact) mass is 362 g/mol. The summed E-state index contributed by atoms with van der Waals surface area (Å²) in [5.74, 6) is 0.166. The van der Waals surface area contributed by atoms with Crippen LogP contribution in [0.5, 0.6) is 11.6 Å². The molecule has 134 valence electrons. The van der Waals surface area contributed by atoms with Gasteiger partial charge >= 0.3 is 6.18 Å². The number of anilines is 1. The molecule has 9 heteroatoms. The second-order valence-corrected chi connectivity index (χ2v) is 5.29. The molecule has 0 saturated carbocycles. The second-order valence-electron chi connectivity index (χ2n) is 5.29. The van der Waals surface area contributed by atoms with Crippen molar-refractivity contribution >= 4 is 11.6 Å². The molecule has 0 aliphatic heterocycles. The van der Waals surface area contributed by atoms with Crippen LogP contribution in [0, 0.1) is 0 Å². The van der Waals surface area contributed by atoms with Gasteiger partial charge in [0.1, 0.15) is 12.2 Å². The molecule has 1 aromatic carbocycles. The van der Waals surface area contributed by atoms with E-state index in [1.807, 2.05) is 24.5 Å². The molecule has 0 fully saturated rings. The molecule has 0 aliphatic carbocycles. The van der Waals surface area contributed by atoms with Crippen LogP contribution in [-0.4, -0.2) is 26.8 Å². The highest BCUT2D eigenvalue weighted by Crippen LogP contribution is 2.23. The largest absolute Gasteiger partial charge is 0.438 e. The van der Waals surface area contributed by atoms with Gasteiger partial charge in [-0.1, -0.05) is 0 Å². The van der Waals surface area contributed by atoms with Crippen molar-refractivity contribution in [2.45, 2.75) is 12.6 Å². The summed E-state index contributed by atoms with van der Waals surface area (Å²) in [6.45, 7) is 0. The highest BCUT2D eigenvalue weighted by Gasteiger charge is 2.31. The molecule has 1 N–H and O–H groups in total. The Morgan fingerprint density at radius 3 is 2.31 bits per heavy atom. The lowest BCUT2D eigenvalue weighted by Crippen LogP contribution is -2.21. The van der Waals surface area contributed by atoms with Crippen molar-refractivity contribution in [1.82, 2.24) is 14.8 Å². The van der Waals surface area contributed by atoms with E-state index in [-0.39, 0.29) is 11.6 Å². The first-order chi connectivity index (χ1) is 12.4. The van der Waals surface area contributed by atoms with Gasteiger partial charge in [-0.25, -0.2) is 0 Å². The van der Waals surface area contributed by atoms with Gasteiger partial charge < -0.3 is 14.6 Å². The number of rotatable bonds is 5. The highest BCUT2D eigenvalue weighted by molar-refractivity contribution is 5.91. The number of carbonyl (C=O) groups is 1. The van der Waals surface area contributed by atoms with E-state index >= 15 is 0 Å². The summed E-state index contributed by atoms with van der Waals surface area (Å²) in [5.41, 5.74) is 0.237. The molecule has 2 heterocycles. The molecule has 0 aliphatic rings. The fourth-order valence-electron chi connectivity index (χ4n) is 2.11. The molecule has 26 heavy (non-hydrogen) atoms. The molecule has 0 spiro atoms. The number of nitrogens with zero attached hydrogens (tertiary/aromatic N) is 3. The zero-order valence-electron chi connectivity index (χ0n) is 13.3. The number of nitrogens with one attached hydrogen (secondary N) is 1. The first-order valence-electron chi connectivity index (χ1n) is 7.51. The zero-order chi connectivity index (χ0) is 18.6. The summed E-state index contributed by atoms with van der Waals surface area (Å²) in [6, 6.07) is 13.0. The van der Waals surface area contributed by atoms with Crippen molar-refractivity contribution in [3.63, 3.8) is 0 Å². The average Bonchev–Trinajstić information content (AvgIpc) is 3.10. The van der Waals surface area contributed by atoms with E-state index in [2.05, 4.69) is 15.5 Å². The number of benzene rings is 1. The predicted octanol–water partition coefficient (Wildman–Crippen LogP) is 3.95. The first-order valence-corrected chi connectivity index (χ1v) is 7.51. The Hall–Kier alpha value is -3.36. The van der Waals surface area contributed by atoms with Crippen molar-refractivity contribution in [3.05, 3.63) is 60.9 Å². The fraction of sp³-hybridized carbons (Fsp3) is 0.118. The SMILES string of the molecule is O=C(CC(F)(F)F)Nc1ccc(Oc2ccc(-n3cccc3)nn2)cc1. The van der Waals surface area contributed by atoms with Crippen LogP contribution >= 0.6 is 0 Å². The minimum atomic E-state index is -4.54. The van der Waals surface area contributed by atoms with Gasteiger partial charge in [0.05, 0.1) is 0 Å². The van der Waals surface area contributed by atoms with E-state index < -0.39 is 18.5 Å². The van der Waals surface area contributed by atoms with Gasteiger partial charge in [0.25, 0.3) is 0 Å². The average molecular weight is 362 g/mol. The molecule has 0 saturated heterocycles. The Balaban J connectivity index is 1.60. The lowest BCUT2D eigenvalue weighted by atomic mass is 10.3. The van der Waals surface area contributed by atoms with Crippen molar-refractivity contribution in [2.24, 2.45) is 0 Å². The maximum absolute atomic E-state index is 12.1. The van der Waals surface area contributed by atoms with Crippen LogP contribution < -0.4 is 10.1 Å². The van der Waals surface area contributed by atoms with Crippen molar-refractivity contribution in [3.8, 4) is 17.4 Å². The molecule has 0 radical (unpaired) electrons. The molecular formula is C17H13F3N4O2. The summed E-state index contributed by atoms with van der Waals surface area (Å²) in [6.07, 6.45) is -2.42. The van der Waals surface area contributed by atoms with Gasteiger partial charge in [0, 0.05) is 24.1 Å². The van der Waals surface area contributed by atoms with E-state index in [1.54, 1.807) is 16.7 Å². The molecule has 0 atom stereocenters. The Morgan fingerprint density at radius 2 is 1.73 bits per heavy atom. The zero-order valence-corrected chi connectivity index (χ0v) is 13.3. The molecule has 1 amide bonds. The Kier molecular flexibility index (Phi) is 4.87. The van der Waals surface area contributed by atoms with Gasteiger partial charge in [-0.15, -0.1) is 10.2 Å². The molecule has 3 rings (SSSR count). The third-order valence-corrected chi connectivity index (χ3v) is 3.22. The Morgan fingerprint density at radius 1 is 1.04 bits per heavy atom. The fourth-order valence-corrected chi connectivity index (χ4v) is 2.11. The van der Waals surface area contributed by atoms with E-state index in [9.17, 15) is 18.0 Å². The molecular weight excluding hydrogens is 349 g/mol. The maximum Gasteiger partial charge on any atom is 0.397 e. The number of hydrogen-bond acceptors (Lipinski definition) is 4. The van der Waals surface area contributed by atoms with E-state index in [0.29, 0.717) is 11.6 Å².